The lowest BCUT2D eigenvalue weighted by atomic mass is 9.89. The average molecular weight is 442 g/mol. The maximum Gasteiger partial charge on any atom is 0.138 e. The molecule has 0 unspecified atom stereocenters. The third-order valence-corrected chi connectivity index (χ3v) is 6.60. The quantitative estimate of drug-likeness (QED) is 0.350. The van der Waals surface area contributed by atoms with E-state index in [1.54, 1.807) is 6.20 Å². The topological polar surface area (TPSA) is 78.6 Å². The third-order valence-electron chi connectivity index (χ3n) is 6.60. The smallest absolute Gasteiger partial charge is 0.138 e. The lowest BCUT2D eigenvalue weighted by Crippen LogP contribution is -2.26. The standard InChI is InChI=1S/C26H24FN5O/c1-33-19-11-17(10-18(27)13-19)20-6-9-29-26-21(20)14-24(30-26)25-22-12-16(2-3-23(22)31-32-25)15-4-7-28-8-5-15/h2-3,6,9-15,28H,4-5,7-8H2,1H3,(H,29,30)(H,31,32). The zero-order valence-corrected chi connectivity index (χ0v) is 18.3. The molecular formula is C26H24FN5O. The highest BCUT2D eigenvalue weighted by Gasteiger charge is 2.19. The molecule has 5 aromatic rings. The van der Waals surface area contributed by atoms with E-state index >= 15 is 0 Å². The summed E-state index contributed by atoms with van der Waals surface area (Å²) < 4.78 is 19.4. The van der Waals surface area contributed by atoms with Crippen LogP contribution in [0.5, 0.6) is 5.75 Å². The second kappa shape index (κ2) is 8.01. The van der Waals surface area contributed by atoms with E-state index < -0.39 is 0 Å². The fourth-order valence-corrected chi connectivity index (χ4v) is 4.89. The van der Waals surface area contributed by atoms with Crippen molar-refractivity contribution in [2.45, 2.75) is 18.8 Å². The molecule has 1 aliphatic heterocycles. The van der Waals surface area contributed by atoms with Crippen LogP contribution in [0.2, 0.25) is 0 Å². The maximum absolute atomic E-state index is 14.2. The van der Waals surface area contributed by atoms with Gasteiger partial charge in [-0.2, -0.15) is 5.10 Å². The Balaban J connectivity index is 1.46. The number of aromatic nitrogens is 4. The Morgan fingerprint density at radius 3 is 2.73 bits per heavy atom. The minimum Gasteiger partial charge on any atom is -0.497 e. The lowest BCUT2D eigenvalue weighted by molar-refractivity contribution is 0.411. The Labute approximate surface area is 190 Å². The van der Waals surface area contributed by atoms with Gasteiger partial charge in [-0.1, -0.05) is 6.07 Å². The van der Waals surface area contributed by atoms with E-state index in [2.05, 4.69) is 43.7 Å². The Bertz CT molecular complexity index is 1460. The number of fused-ring (bicyclic) bond motifs is 2. The highest BCUT2D eigenvalue weighted by molar-refractivity contribution is 6.00. The minimum absolute atomic E-state index is 0.339. The number of aromatic amines is 2. The molecule has 6 rings (SSSR count). The van der Waals surface area contributed by atoms with E-state index in [4.69, 9.17) is 4.74 Å². The highest BCUT2D eigenvalue weighted by atomic mass is 19.1. The number of benzene rings is 2. The van der Waals surface area contributed by atoms with Crippen molar-refractivity contribution >= 4 is 21.9 Å². The van der Waals surface area contributed by atoms with E-state index in [9.17, 15) is 4.39 Å². The second-order valence-electron chi connectivity index (χ2n) is 8.59. The van der Waals surface area contributed by atoms with Gasteiger partial charge in [-0.3, -0.25) is 5.10 Å². The zero-order chi connectivity index (χ0) is 22.4. The van der Waals surface area contributed by atoms with Gasteiger partial charge >= 0.3 is 0 Å². The molecule has 2 aromatic carbocycles. The fraction of sp³-hybridized carbons (Fsp3) is 0.231. The van der Waals surface area contributed by atoms with Crippen LogP contribution in [0, 0.1) is 5.82 Å². The third kappa shape index (κ3) is 3.54. The number of H-pyrrole nitrogens is 2. The molecule has 4 heterocycles. The number of hydrogen-bond donors (Lipinski definition) is 3. The number of pyridine rings is 1. The molecule has 0 saturated carbocycles. The molecule has 7 heteroatoms. The van der Waals surface area contributed by atoms with Gasteiger partial charge in [0.2, 0.25) is 0 Å². The van der Waals surface area contributed by atoms with Crippen LogP contribution >= 0.6 is 0 Å². The van der Waals surface area contributed by atoms with Crippen molar-refractivity contribution in [3.05, 3.63) is 66.1 Å². The van der Waals surface area contributed by atoms with E-state index in [1.807, 2.05) is 18.2 Å². The molecule has 0 atom stereocenters. The van der Waals surface area contributed by atoms with Gasteiger partial charge in [-0.15, -0.1) is 0 Å². The summed E-state index contributed by atoms with van der Waals surface area (Å²) in [5, 5.41) is 13.2. The van der Waals surface area contributed by atoms with Gasteiger partial charge in [-0.25, -0.2) is 9.37 Å². The molecule has 1 fully saturated rings. The van der Waals surface area contributed by atoms with Crippen LogP contribution < -0.4 is 10.1 Å². The minimum atomic E-state index is -0.339. The van der Waals surface area contributed by atoms with Crippen molar-refractivity contribution in [1.29, 1.82) is 0 Å². The van der Waals surface area contributed by atoms with E-state index in [-0.39, 0.29) is 5.82 Å². The highest BCUT2D eigenvalue weighted by Crippen LogP contribution is 2.36. The van der Waals surface area contributed by atoms with Gasteiger partial charge in [-0.05, 0) is 84.9 Å². The van der Waals surface area contributed by atoms with Crippen molar-refractivity contribution in [2.75, 3.05) is 20.2 Å². The first-order valence-electron chi connectivity index (χ1n) is 11.2. The Morgan fingerprint density at radius 1 is 1.00 bits per heavy atom. The molecule has 0 amide bonds. The van der Waals surface area contributed by atoms with Crippen molar-refractivity contribution in [3.63, 3.8) is 0 Å². The Hall–Kier alpha value is -3.71. The van der Waals surface area contributed by atoms with Crippen molar-refractivity contribution in [3.8, 4) is 28.3 Å². The number of halogens is 1. The van der Waals surface area contributed by atoms with Crippen LogP contribution in [-0.2, 0) is 0 Å². The summed E-state index contributed by atoms with van der Waals surface area (Å²) in [5.41, 5.74) is 6.46. The molecule has 0 radical (unpaired) electrons. The molecule has 166 valence electrons. The second-order valence-corrected chi connectivity index (χ2v) is 8.59. The van der Waals surface area contributed by atoms with Gasteiger partial charge in [0.15, 0.2) is 0 Å². The monoisotopic (exact) mass is 441 g/mol. The summed E-state index contributed by atoms with van der Waals surface area (Å²) in [4.78, 5) is 7.92. The fourth-order valence-electron chi connectivity index (χ4n) is 4.89. The first-order chi connectivity index (χ1) is 16.2. The number of ether oxygens (including phenoxy) is 1. The molecule has 6 nitrogen and oxygen atoms in total. The normalized spacial score (nSPS) is 14.8. The van der Waals surface area contributed by atoms with E-state index in [0.29, 0.717) is 11.7 Å². The molecule has 0 bridgehead atoms. The summed E-state index contributed by atoms with van der Waals surface area (Å²) >= 11 is 0. The van der Waals surface area contributed by atoms with Gasteiger partial charge in [0, 0.05) is 23.0 Å². The summed E-state index contributed by atoms with van der Waals surface area (Å²) in [6, 6.07) is 15.3. The van der Waals surface area contributed by atoms with E-state index in [1.165, 1.54) is 24.8 Å². The Morgan fingerprint density at radius 2 is 1.88 bits per heavy atom. The van der Waals surface area contributed by atoms with Gasteiger partial charge in [0.1, 0.15) is 22.9 Å². The zero-order valence-electron chi connectivity index (χ0n) is 18.3. The summed E-state index contributed by atoms with van der Waals surface area (Å²) in [6.07, 6.45) is 4.03. The van der Waals surface area contributed by atoms with Crippen LogP contribution in [0.15, 0.2) is 54.7 Å². The molecule has 3 N–H and O–H groups in total. The number of rotatable bonds is 4. The van der Waals surface area contributed by atoms with Gasteiger partial charge in [0.25, 0.3) is 0 Å². The lowest BCUT2D eigenvalue weighted by Gasteiger charge is -2.23. The predicted molar refractivity (Wildman–Crippen MR) is 128 cm³/mol. The first kappa shape index (κ1) is 19.9. The first-order valence-corrected chi connectivity index (χ1v) is 11.2. The number of nitrogens with zero attached hydrogens (tertiary/aromatic N) is 2. The van der Waals surface area contributed by atoms with Crippen LogP contribution in [0.4, 0.5) is 4.39 Å². The largest absolute Gasteiger partial charge is 0.497 e. The number of methoxy groups -OCH3 is 1. The molecule has 1 saturated heterocycles. The molecular weight excluding hydrogens is 417 g/mol. The van der Waals surface area contributed by atoms with Crippen LogP contribution in [0.3, 0.4) is 0 Å². The maximum atomic E-state index is 14.2. The van der Waals surface area contributed by atoms with Crippen molar-refractivity contribution in [1.82, 2.24) is 25.5 Å². The molecule has 0 aliphatic carbocycles. The average Bonchev–Trinajstić information content (AvgIpc) is 3.47. The van der Waals surface area contributed by atoms with Crippen LogP contribution in [0.25, 0.3) is 44.5 Å². The SMILES string of the molecule is COc1cc(F)cc(-c2ccnc3[nH]c(-c4n[nH]c5ccc(C6CCNCC6)cc45)cc23)c1. The summed E-state index contributed by atoms with van der Waals surface area (Å²) in [7, 11) is 1.54. The van der Waals surface area contributed by atoms with Crippen LogP contribution in [-0.4, -0.2) is 40.4 Å². The van der Waals surface area contributed by atoms with Crippen molar-refractivity contribution < 1.29 is 9.13 Å². The number of piperidine rings is 1. The van der Waals surface area contributed by atoms with Gasteiger partial charge < -0.3 is 15.0 Å². The van der Waals surface area contributed by atoms with Crippen LogP contribution in [0.1, 0.15) is 24.3 Å². The van der Waals surface area contributed by atoms with Gasteiger partial charge in [0.05, 0.1) is 18.3 Å². The van der Waals surface area contributed by atoms with Crippen molar-refractivity contribution in [2.24, 2.45) is 0 Å². The molecule has 3 aromatic heterocycles. The predicted octanol–water partition coefficient (Wildman–Crippen LogP) is 5.39. The summed E-state index contributed by atoms with van der Waals surface area (Å²) in [6.45, 7) is 2.12. The molecule has 1 aliphatic rings. The van der Waals surface area contributed by atoms with E-state index in [0.717, 1.165) is 70.4 Å². The number of nitrogens with one attached hydrogen (secondary N) is 3. The number of hydrogen-bond acceptors (Lipinski definition) is 4. The molecule has 0 spiro atoms. The Kier molecular flexibility index (Phi) is 4.84. The summed E-state index contributed by atoms with van der Waals surface area (Å²) in [5.74, 6) is 0.709. The molecule has 33 heavy (non-hydrogen) atoms.